The predicted molar refractivity (Wildman–Crippen MR) is 113 cm³/mol. The van der Waals surface area contributed by atoms with E-state index >= 15 is 0 Å². The van der Waals surface area contributed by atoms with Crippen molar-refractivity contribution in [3.05, 3.63) is 66.6 Å². The first-order chi connectivity index (χ1) is 12.7. The van der Waals surface area contributed by atoms with Gasteiger partial charge in [0.25, 0.3) is 0 Å². The molecule has 4 heteroatoms. The Morgan fingerprint density at radius 3 is 2.81 bits per heavy atom. The minimum atomic E-state index is 0.176. The van der Waals surface area contributed by atoms with Crippen LogP contribution in [0, 0.1) is 12.8 Å². The number of nitrogens with zero attached hydrogens (tertiary/aromatic N) is 1. The molecule has 1 aromatic heterocycles. The van der Waals surface area contributed by atoms with Crippen LogP contribution in [0.3, 0.4) is 0 Å². The van der Waals surface area contributed by atoms with Crippen LogP contribution in [0.15, 0.2) is 55.4 Å². The van der Waals surface area contributed by atoms with Crippen LogP contribution < -0.4 is 10.8 Å². The van der Waals surface area contributed by atoms with Crippen molar-refractivity contribution in [3.63, 3.8) is 0 Å². The van der Waals surface area contributed by atoms with Crippen molar-refractivity contribution >= 4 is 30.0 Å². The Balaban J connectivity index is 0.000000948. The maximum absolute atomic E-state index is 6.48. The second-order valence-electron chi connectivity index (χ2n) is 6.54. The van der Waals surface area contributed by atoms with Crippen LogP contribution in [0.1, 0.15) is 37.3 Å². The van der Waals surface area contributed by atoms with E-state index in [1.54, 1.807) is 6.33 Å². The number of hydrogen-bond acceptors (Lipinski definition) is 2. The summed E-state index contributed by atoms with van der Waals surface area (Å²) in [5.74, 6) is 0.764. The third-order valence-electron chi connectivity index (χ3n) is 5.39. The van der Waals surface area contributed by atoms with E-state index < -0.39 is 0 Å². The summed E-state index contributed by atoms with van der Waals surface area (Å²) in [7, 11) is 6.48. The number of anilines is 1. The molecule has 2 aliphatic rings. The molecule has 1 aliphatic heterocycles. The van der Waals surface area contributed by atoms with Gasteiger partial charge in [0, 0.05) is 17.2 Å². The summed E-state index contributed by atoms with van der Waals surface area (Å²) in [6.45, 7) is 13.8. The van der Waals surface area contributed by atoms with Gasteiger partial charge in [-0.2, -0.15) is 0 Å². The number of fused-ring (bicyclic) bond motifs is 5. The van der Waals surface area contributed by atoms with Gasteiger partial charge in [0.05, 0.1) is 23.4 Å². The SMILES string of the molecule is CC.[B]c1c2c(c3[nH]cnc3c1C)C1C=CCC1C(/C(C=C)=C/C=C)N2. The van der Waals surface area contributed by atoms with Gasteiger partial charge in [-0.25, -0.2) is 4.98 Å². The summed E-state index contributed by atoms with van der Waals surface area (Å²) < 4.78 is 0. The summed E-state index contributed by atoms with van der Waals surface area (Å²) >= 11 is 0. The van der Waals surface area contributed by atoms with Crippen LogP contribution in [-0.2, 0) is 0 Å². The van der Waals surface area contributed by atoms with Crippen molar-refractivity contribution in [1.82, 2.24) is 9.97 Å². The molecule has 1 aromatic carbocycles. The highest BCUT2D eigenvalue weighted by Crippen LogP contribution is 2.48. The Bertz CT molecular complexity index is 904. The van der Waals surface area contributed by atoms with E-state index in [1.807, 2.05) is 39.0 Å². The first-order valence-corrected chi connectivity index (χ1v) is 9.30. The van der Waals surface area contributed by atoms with Crippen LogP contribution in [0.2, 0.25) is 0 Å². The number of nitrogens with one attached hydrogen (secondary N) is 2. The van der Waals surface area contributed by atoms with Crippen LogP contribution in [0.5, 0.6) is 0 Å². The minimum Gasteiger partial charge on any atom is -0.378 e. The van der Waals surface area contributed by atoms with Crippen LogP contribution >= 0.6 is 0 Å². The molecule has 26 heavy (non-hydrogen) atoms. The number of allylic oxidation sites excluding steroid dienone is 4. The topological polar surface area (TPSA) is 40.7 Å². The summed E-state index contributed by atoms with van der Waals surface area (Å²) in [6, 6.07) is 0.176. The Labute approximate surface area is 157 Å². The van der Waals surface area contributed by atoms with E-state index in [0.29, 0.717) is 11.8 Å². The summed E-state index contributed by atoms with van der Waals surface area (Å²) in [6.07, 6.45) is 13.1. The standard InChI is InChI=1S/C20H20BN3.C2H6/c1-4-7-12(5-2)18-14-9-6-8-13(14)15-19(24-18)16(21)11(3)17-20(15)23-10-22-17;1-2/h4-8,10,13-14,18,24H,1-2,9H2,3H3,(H,22,23);1-2H3/b12-7+;. The molecule has 0 bridgehead atoms. The number of hydrogen-bond donors (Lipinski definition) is 2. The fourth-order valence-electron chi connectivity index (χ4n) is 4.21. The van der Waals surface area contributed by atoms with Gasteiger partial charge in [0.2, 0.25) is 0 Å². The van der Waals surface area contributed by atoms with Gasteiger partial charge in [-0.3, -0.25) is 0 Å². The second kappa shape index (κ2) is 7.41. The molecule has 0 amide bonds. The quantitative estimate of drug-likeness (QED) is 0.491. The molecule has 3 unspecified atom stereocenters. The van der Waals surface area contributed by atoms with Gasteiger partial charge < -0.3 is 10.3 Å². The number of rotatable bonds is 3. The molecule has 0 saturated carbocycles. The molecule has 0 fully saturated rings. The van der Waals surface area contributed by atoms with E-state index in [1.165, 1.54) is 5.56 Å². The Morgan fingerprint density at radius 1 is 1.35 bits per heavy atom. The molecule has 3 nitrogen and oxygen atoms in total. The number of aromatic nitrogens is 2. The zero-order chi connectivity index (χ0) is 18.8. The molecule has 2 heterocycles. The van der Waals surface area contributed by atoms with Crippen LogP contribution in [0.25, 0.3) is 11.0 Å². The van der Waals surface area contributed by atoms with Gasteiger partial charge in [-0.05, 0) is 30.4 Å². The predicted octanol–water partition coefficient (Wildman–Crippen LogP) is 4.44. The van der Waals surface area contributed by atoms with Crippen molar-refractivity contribution in [3.8, 4) is 0 Å². The normalized spacial score (nSPS) is 23.5. The maximum atomic E-state index is 6.48. The zero-order valence-electron chi connectivity index (χ0n) is 15.8. The molecular formula is C22H26BN3. The largest absolute Gasteiger partial charge is 0.378 e. The smallest absolute Gasteiger partial charge is 0.117 e. The molecule has 132 valence electrons. The summed E-state index contributed by atoms with van der Waals surface area (Å²) in [5.41, 5.74) is 7.28. The third kappa shape index (κ3) is 2.64. The van der Waals surface area contributed by atoms with Gasteiger partial charge >= 0.3 is 0 Å². The van der Waals surface area contributed by atoms with Gasteiger partial charge in [0.1, 0.15) is 7.85 Å². The molecule has 0 spiro atoms. The lowest BCUT2D eigenvalue weighted by molar-refractivity contribution is 0.457. The average molecular weight is 343 g/mol. The van der Waals surface area contributed by atoms with E-state index in [9.17, 15) is 0 Å². The van der Waals surface area contributed by atoms with Gasteiger partial charge in [-0.15, -0.1) is 0 Å². The van der Waals surface area contributed by atoms with E-state index in [2.05, 4.69) is 40.6 Å². The van der Waals surface area contributed by atoms with Crippen LogP contribution in [-0.4, -0.2) is 23.9 Å². The fourth-order valence-corrected chi connectivity index (χ4v) is 4.21. The third-order valence-corrected chi connectivity index (χ3v) is 5.39. The lowest BCUT2D eigenvalue weighted by atomic mass is 9.72. The van der Waals surface area contributed by atoms with Gasteiger partial charge in [-0.1, -0.05) is 62.8 Å². The number of imidazole rings is 1. The number of benzene rings is 1. The van der Waals surface area contributed by atoms with Crippen molar-refractivity contribution in [2.75, 3.05) is 5.32 Å². The molecule has 2 N–H and O–H groups in total. The lowest BCUT2D eigenvalue weighted by Crippen LogP contribution is -2.40. The molecular weight excluding hydrogens is 317 g/mol. The monoisotopic (exact) mass is 343 g/mol. The Kier molecular flexibility index (Phi) is 5.22. The molecule has 1 aliphatic carbocycles. The molecule has 2 aromatic rings. The minimum absolute atomic E-state index is 0.176. The molecule has 2 radical (unpaired) electrons. The van der Waals surface area contributed by atoms with Crippen molar-refractivity contribution < 1.29 is 0 Å². The highest BCUT2D eigenvalue weighted by Gasteiger charge is 2.40. The van der Waals surface area contributed by atoms with Crippen LogP contribution in [0.4, 0.5) is 5.69 Å². The van der Waals surface area contributed by atoms with E-state index in [4.69, 9.17) is 7.85 Å². The highest BCUT2D eigenvalue weighted by molar-refractivity contribution is 6.38. The Hall–Kier alpha value is -2.49. The Morgan fingerprint density at radius 2 is 2.12 bits per heavy atom. The highest BCUT2D eigenvalue weighted by atomic mass is 15.0. The second-order valence-corrected chi connectivity index (χ2v) is 6.54. The zero-order valence-corrected chi connectivity index (χ0v) is 15.8. The maximum Gasteiger partial charge on any atom is 0.117 e. The van der Waals surface area contributed by atoms with Crippen molar-refractivity contribution in [2.45, 2.75) is 39.2 Å². The van der Waals surface area contributed by atoms with E-state index in [-0.39, 0.29) is 6.04 Å². The number of H-pyrrole nitrogens is 1. The summed E-state index contributed by atoms with van der Waals surface area (Å²) in [4.78, 5) is 7.79. The number of aryl methyl sites for hydroxylation is 1. The first kappa shape index (κ1) is 18.3. The number of aromatic amines is 1. The van der Waals surface area contributed by atoms with Crippen molar-refractivity contribution in [2.24, 2.45) is 5.92 Å². The van der Waals surface area contributed by atoms with Crippen molar-refractivity contribution in [1.29, 1.82) is 0 Å². The molecule has 3 atom stereocenters. The average Bonchev–Trinajstić information content (AvgIpc) is 3.34. The lowest BCUT2D eigenvalue weighted by Gasteiger charge is -2.39. The molecule has 4 rings (SSSR count). The van der Waals surface area contributed by atoms with Gasteiger partial charge in [0.15, 0.2) is 0 Å². The first-order valence-electron chi connectivity index (χ1n) is 9.30. The molecule has 0 saturated heterocycles. The van der Waals surface area contributed by atoms with E-state index in [0.717, 1.165) is 39.7 Å². The summed E-state index contributed by atoms with van der Waals surface area (Å²) in [5, 5.41) is 3.70. The fraction of sp³-hybridized carbons (Fsp3) is 0.318.